The van der Waals surface area contributed by atoms with Gasteiger partial charge in [-0.05, 0) is 12.8 Å². The zero-order valence-electron chi connectivity index (χ0n) is 36.0. The van der Waals surface area contributed by atoms with Crippen LogP contribution in [0.25, 0.3) is 0 Å². The smallest absolute Gasteiger partial charge is 0.306 e. The summed E-state index contributed by atoms with van der Waals surface area (Å²) in [6, 6.07) is 0. The lowest BCUT2D eigenvalue weighted by atomic mass is 9.99. The van der Waals surface area contributed by atoms with Crippen LogP contribution in [0.2, 0.25) is 0 Å². The maximum absolute atomic E-state index is 12.8. The number of carbonyl (C=O) groups is 1. The Bertz CT molecular complexity index is 812. The molecule has 9 nitrogen and oxygen atoms in total. The van der Waals surface area contributed by atoms with Crippen LogP contribution in [0.4, 0.5) is 0 Å². The van der Waals surface area contributed by atoms with Crippen LogP contribution in [-0.4, -0.2) is 89.6 Å². The lowest BCUT2D eigenvalue weighted by molar-refractivity contribution is -0.305. The van der Waals surface area contributed by atoms with Gasteiger partial charge in [0.25, 0.3) is 0 Å². The minimum Gasteiger partial charge on any atom is -0.457 e. The standard InChI is InChI=1S/C46H90O9/c1-3-5-7-9-11-13-15-17-18-19-20-21-22-24-26-28-30-32-34-36-52-38-40(39-53-46-45(51)44(50)43(49)41(37-47)55-46)54-42(48)35-33-31-29-27-25-23-16-14-12-10-8-6-4-2/h40-41,43-47,49-51H,3-39H2,1-2H3. The van der Waals surface area contributed by atoms with E-state index in [1.807, 2.05) is 0 Å². The molecule has 0 amide bonds. The molecule has 1 heterocycles. The molecule has 1 rings (SSSR count). The largest absolute Gasteiger partial charge is 0.457 e. The second-order valence-electron chi connectivity index (χ2n) is 16.6. The Labute approximate surface area is 338 Å². The van der Waals surface area contributed by atoms with Crippen LogP contribution >= 0.6 is 0 Å². The molecule has 55 heavy (non-hydrogen) atoms. The second-order valence-corrected chi connectivity index (χ2v) is 16.6. The third-order valence-electron chi connectivity index (χ3n) is 11.3. The molecule has 1 fully saturated rings. The van der Waals surface area contributed by atoms with E-state index >= 15 is 0 Å². The summed E-state index contributed by atoms with van der Waals surface area (Å²) in [6.45, 7) is 4.61. The molecular weight excluding hydrogens is 696 g/mol. The first-order chi connectivity index (χ1) is 26.9. The number of hydrogen-bond acceptors (Lipinski definition) is 9. The van der Waals surface area contributed by atoms with E-state index in [1.165, 1.54) is 173 Å². The van der Waals surface area contributed by atoms with Crippen LogP contribution in [-0.2, 0) is 23.7 Å². The second kappa shape index (κ2) is 38.7. The van der Waals surface area contributed by atoms with Crippen LogP contribution < -0.4 is 0 Å². The Hall–Kier alpha value is -0.810. The highest BCUT2D eigenvalue weighted by Gasteiger charge is 2.44. The molecule has 1 aliphatic rings. The molecule has 0 aromatic carbocycles. The van der Waals surface area contributed by atoms with Gasteiger partial charge in [-0.3, -0.25) is 4.79 Å². The van der Waals surface area contributed by atoms with Crippen molar-refractivity contribution in [3.8, 4) is 0 Å². The summed E-state index contributed by atoms with van der Waals surface area (Å²) < 4.78 is 22.8. The predicted octanol–water partition coefficient (Wildman–Crippen LogP) is 10.6. The van der Waals surface area contributed by atoms with Gasteiger partial charge in [-0.15, -0.1) is 0 Å². The van der Waals surface area contributed by atoms with Crippen LogP contribution in [0.3, 0.4) is 0 Å². The van der Waals surface area contributed by atoms with Gasteiger partial charge in [0.05, 0.1) is 19.8 Å². The molecule has 0 aromatic heterocycles. The number of unbranched alkanes of at least 4 members (excludes halogenated alkanes) is 30. The molecule has 328 valence electrons. The Morgan fingerprint density at radius 3 is 1.29 bits per heavy atom. The molecule has 0 aromatic rings. The normalized spacial score (nSPS) is 20.6. The van der Waals surface area contributed by atoms with Crippen molar-refractivity contribution in [2.45, 2.75) is 263 Å². The molecule has 0 aliphatic carbocycles. The average Bonchev–Trinajstić information content (AvgIpc) is 3.18. The molecule has 4 N–H and O–H groups in total. The zero-order valence-corrected chi connectivity index (χ0v) is 36.0. The first kappa shape index (κ1) is 52.2. The fourth-order valence-corrected chi connectivity index (χ4v) is 7.55. The fourth-order valence-electron chi connectivity index (χ4n) is 7.55. The maximum Gasteiger partial charge on any atom is 0.306 e. The van der Waals surface area contributed by atoms with Gasteiger partial charge in [0, 0.05) is 13.0 Å². The Morgan fingerprint density at radius 2 is 0.891 bits per heavy atom. The number of esters is 1. The molecule has 6 unspecified atom stereocenters. The minimum atomic E-state index is -1.53. The summed E-state index contributed by atoms with van der Waals surface area (Å²) in [5, 5.41) is 40.1. The molecule has 9 heteroatoms. The minimum absolute atomic E-state index is 0.105. The van der Waals surface area contributed by atoms with Crippen LogP contribution in [0.5, 0.6) is 0 Å². The van der Waals surface area contributed by atoms with Crippen molar-refractivity contribution < 1.29 is 44.2 Å². The van der Waals surface area contributed by atoms with E-state index in [2.05, 4.69) is 13.8 Å². The summed E-state index contributed by atoms with van der Waals surface area (Å²) in [7, 11) is 0. The van der Waals surface area contributed by atoms with Crippen molar-refractivity contribution in [3.63, 3.8) is 0 Å². The van der Waals surface area contributed by atoms with Crippen LogP contribution in [0.15, 0.2) is 0 Å². The van der Waals surface area contributed by atoms with E-state index < -0.39 is 43.4 Å². The van der Waals surface area contributed by atoms with Crippen molar-refractivity contribution >= 4 is 5.97 Å². The van der Waals surface area contributed by atoms with Gasteiger partial charge in [-0.25, -0.2) is 0 Å². The number of ether oxygens (including phenoxy) is 4. The van der Waals surface area contributed by atoms with Gasteiger partial charge in [-0.1, -0.05) is 206 Å². The average molecular weight is 787 g/mol. The first-order valence-electron chi connectivity index (χ1n) is 23.6. The van der Waals surface area contributed by atoms with Crippen molar-refractivity contribution in [1.82, 2.24) is 0 Å². The predicted molar refractivity (Wildman–Crippen MR) is 224 cm³/mol. The lowest BCUT2D eigenvalue weighted by Crippen LogP contribution is -2.59. The lowest BCUT2D eigenvalue weighted by Gasteiger charge is -2.39. The topological polar surface area (TPSA) is 135 Å². The van der Waals surface area contributed by atoms with Crippen molar-refractivity contribution in [2.24, 2.45) is 0 Å². The SMILES string of the molecule is CCCCCCCCCCCCCCCCCCCCCOCC(COC1OC(CO)C(O)C(O)C1O)OC(=O)CCCCCCCCCCCCCCC. The Morgan fingerprint density at radius 1 is 0.509 bits per heavy atom. The fraction of sp³-hybridized carbons (Fsp3) is 0.978. The maximum atomic E-state index is 12.8. The first-order valence-corrected chi connectivity index (χ1v) is 23.6. The molecular formula is C46H90O9. The number of hydrogen-bond donors (Lipinski definition) is 4. The van der Waals surface area contributed by atoms with Gasteiger partial charge in [-0.2, -0.15) is 0 Å². The van der Waals surface area contributed by atoms with Gasteiger partial charge in [0.1, 0.15) is 30.5 Å². The van der Waals surface area contributed by atoms with Crippen LogP contribution in [0.1, 0.15) is 226 Å². The number of carbonyl (C=O) groups excluding carboxylic acids is 1. The monoisotopic (exact) mass is 787 g/mol. The highest BCUT2D eigenvalue weighted by Crippen LogP contribution is 2.23. The third-order valence-corrected chi connectivity index (χ3v) is 11.3. The van der Waals surface area contributed by atoms with Crippen molar-refractivity contribution in [3.05, 3.63) is 0 Å². The molecule has 0 spiro atoms. The van der Waals surface area contributed by atoms with E-state index in [1.54, 1.807) is 0 Å². The van der Waals surface area contributed by atoms with Gasteiger partial charge in [0.15, 0.2) is 6.29 Å². The zero-order chi connectivity index (χ0) is 40.0. The molecule has 0 radical (unpaired) electrons. The molecule has 6 atom stereocenters. The van der Waals surface area contributed by atoms with Crippen molar-refractivity contribution in [2.75, 3.05) is 26.4 Å². The van der Waals surface area contributed by atoms with E-state index in [4.69, 9.17) is 18.9 Å². The highest BCUT2D eigenvalue weighted by atomic mass is 16.7. The van der Waals surface area contributed by atoms with Gasteiger partial charge < -0.3 is 39.4 Å². The number of aliphatic hydroxyl groups is 4. The molecule has 0 saturated carbocycles. The summed E-state index contributed by atoms with van der Waals surface area (Å²) in [6.07, 6.45) is 34.2. The highest BCUT2D eigenvalue weighted by molar-refractivity contribution is 5.69. The van der Waals surface area contributed by atoms with E-state index in [0.717, 1.165) is 32.1 Å². The third kappa shape index (κ3) is 30.0. The van der Waals surface area contributed by atoms with Crippen molar-refractivity contribution in [1.29, 1.82) is 0 Å². The van der Waals surface area contributed by atoms with E-state index in [9.17, 15) is 25.2 Å². The Balaban J connectivity index is 2.20. The number of aliphatic hydroxyl groups excluding tert-OH is 4. The Kier molecular flexibility index (Phi) is 36.7. The number of rotatable bonds is 41. The molecule has 1 aliphatic heterocycles. The van der Waals surface area contributed by atoms with Gasteiger partial charge >= 0.3 is 5.97 Å². The summed E-state index contributed by atoms with van der Waals surface area (Å²) >= 11 is 0. The summed E-state index contributed by atoms with van der Waals surface area (Å²) in [5.41, 5.74) is 0. The van der Waals surface area contributed by atoms with Crippen LogP contribution in [0, 0.1) is 0 Å². The van der Waals surface area contributed by atoms with Gasteiger partial charge in [0.2, 0.25) is 0 Å². The molecule has 1 saturated heterocycles. The summed E-state index contributed by atoms with van der Waals surface area (Å²) in [5.74, 6) is -0.308. The van der Waals surface area contributed by atoms with E-state index in [-0.39, 0.29) is 19.2 Å². The van der Waals surface area contributed by atoms with E-state index in [0.29, 0.717) is 13.0 Å². The summed E-state index contributed by atoms with van der Waals surface area (Å²) in [4.78, 5) is 12.8. The molecule has 0 bridgehead atoms. The quantitative estimate of drug-likeness (QED) is 0.0353.